The number of aromatic nitrogens is 2. The van der Waals surface area contributed by atoms with Gasteiger partial charge in [-0.2, -0.15) is 9.78 Å². The number of thioether (sulfide) groups is 1. The number of carbonyl (C=O) groups is 1. The molecule has 0 bridgehead atoms. The fourth-order valence-electron chi connectivity index (χ4n) is 2.71. The predicted octanol–water partition coefficient (Wildman–Crippen LogP) is 4.93. The van der Waals surface area contributed by atoms with E-state index in [-0.39, 0.29) is 11.5 Å². The predicted molar refractivity (Wildman–Crippen MR) is 119 cm³/mol. The number of aryl methyl sites for hydroxylation is 2. The molecule has 0 radical (unpaired) electrons. The highest BCUT2D eigenvalue weighted by Crippen LogP contribution is 2.26. The van der Waals surface area contributed by atoms with Gasteiger partial charge in [0.25, 0.3) is 5.56 Å². The number of hydrogen-bond donors (Lipinski definition) is 1. The Morgan fingerprint density at radius 1 is 1.10 bits per heavy atom. The molecule has 0 aliphatic rings. The summed E-state index contributed by atoms with van der Waals surface area (Å²) in [6, 6.07) is 14.2. The Labute approximate surface area is 179 Å². The van der Waals surface area contributed by atoms with E-state index in [1.807, 2.05) is 45.0 Å². The molecule has 0 aliphatic carbocycles. The summed E-state index contributed by atoms with van der Waals surface area (Å²) in [5, 5.41) is 8.12. The van der Waals surface area contributed by atoms with Gasteiger partial charge in [-0.25, -0.2) is 0 Å². The molecule has 1 amide bonds. The van der Waals surface area contributed by atoms with Crippen LogP contribution in [0.15, 0.2) is 58.4 Å². The summed E-state index contributed by atoms with van der Waals surface area (Å²) in [6.07, 6.45) is 0. The van der Waals surface area contributed by atoms with Crippen molar-refractivity contribution >= 4 is 35.0 Å². The van der Waals surface area contributed by atoms with E-state index in [0.29, 0.717) is 21.4 Å². The second kappa shape index (κ2) is 8.84. The average molecular weight is 428 g/mol. The van der Waals surface area contributed by atoms with Crippen molar-refractivity contribution in [2.24, 2.45) is 0 Å². The molecule has 0 fully saturated rings. The van der Waals surface area contributed by atoms with Crippen LogP contribution < -0.4 is 10.9 Å². The molecule has 150 valence electrons. The van der Waals surface area contributed by atoms with Crippen molar-refractivity contribution in [1.29, 1.82) is 0 Å². The maximum Gasteiger partial charge on any atom is 0.271 e. The molecule has 1 atom stereocenters. The number of rotatable bonds is 5. The van der Waals surface area contributed by atoms with E-state index in [1.54, 1.807) is 25.1 Å². The van der Waals surface area contributed by atoms with Gasteiger partial charge in [-0.05, 0) is 74.7 Å². The lowest BCUT2D eigenvalue weighted by Crippen LogP contribution is -2.24. The lowest BCUT2D eigenvalue weighted by molar-refractivity contribution is -0.115. The smallest absolute Gasteiger partial charge is 0.271 e. The highest BCUT2D eigenvalue weighted by molar-refractivity contribution is 8.00. The summed E-state index contributed by atoms with van der Waals surface area (Å²) in [7, 11) is 0. The van der Waals surface area contributed by atoms with E-state index in [4.69, 9.17) is 11.6 Å². The number of halogens is 1. The van der Waals surface area contributed by atoms with Crippen LogP contribution in [-0.2, 0) is 4.79 Å². The first-order valence-corrected chi connectivity index (χ1v) is 10.4. The topological polar surface area (TPSA) is 64.0 Å². The minimum atomic E-state index is -0.411. The maximum atomic E-state index is 12.6. The number of nitrogens with zero attached hydrogens (tertiary/aromatic N) is 2. The number of hydrogen-bond acceptors (Lipinski definition) is 4. The fourth-order valence-corrected chi connectivity index (χ4v) is 3.69. The summed E-state index contributed by atoms with van der Waals surface area (Å²) < 4.78 is 1.36. The third-order valence-electron chi connectivity index (χ3n) is 4.70. The normalized spacial score (nSPS) is 11.9. The number of nitrogens with one attached hydrogen (secondary N) is 1. The first-order valence-electron chi connectivity index (χ1n) is 9.17. The first-order chi connectivity index (χ1) is 13.8. The van der Waals surface area contributed by atoms with Crippen LogP contribution in [0.3, 0.4) is 0 Å². The summed E-state index contributed by atoms with van der Waals surface area (Å²) in [5.74, 6) is -0.161. The van der Waals surface area contributed by atoms with E-state index >= 15 is 0 Å². The van der Waals surface area contributed by atoms with Crippen molar-refractivity contribution in [3.05, 3.63) is 80.6 Å². The molecule has 0 spiro atoms. The third kappa shape index (κ3) is 4.89. The van der Waals surface area contributed by atoms with Gasteiger partial charge in [0.15, 0.2) is 0 Å². The molecule has 3 rings (SSSR count). The van der Waals surface area contributed by atoms with Gasteiger partial charge in [0.2, 0.25) is 5.91 Å². The molecule has 7 heteroatoms. The highest BCUT2D eigenvalue weighted by Gasteiger charge is 2.17. The quantitative estimate of drug-likeness (QED) is 0.586. The van der Waals surface area contributed by atoms with Gasteiger partial charge in [-0.1, -0.05) is 35.5 Å². The molecule has 1 aromatic heterocycles. The second-order valence-electron chi connectivity index (χ2n) is 6.85. The summed E-state index contributed by atoms with van der Waals surface area (Å²) in [5.41, 5.74) is 4.22. The van der Waals surface area contributed by atoms with Crippen molar-refractivity contribution in [2.75, 3.05) is 5.32 Å². The lowest BCUT2D eigenvalue weighted by atomic mass is 10.1. The van der Waals surface area contributed by atoms with Crippen LogP contribution in [-0.4, -0.2) is 20.9 Å². The maximum absolute atomic E-state index is 12.6. The molecule has 0 unspecified atom stereocenters. The van der Waals surface area contributed by atoms with Crippen molar-refractivity contribution in [1.82, 2.24) is 9.78 Å². The SMILES string of the molecule is Cc1ccc(-n2nc(S[C@@H](C)C(=O)Nc3cccc(Cl)c3C)ccc2=O)cc1C. The zero-order chi connectivity index (χ0) is 21.1. The molecule has 2 aromatic carbocycles. The highest BCUT2D eigenvalue weighted by atomic mass is 35.5. The van der Waals surface area contributed by atoms with Gasteiger partial charge in [0.1, 0.15) is 5.03 Å². The standard InChI is InChI=1S/C22H22ClN3O2S/c1-13-8-9-17(12-14(13)2)26-21(27)11-10-20(25-26)29-16(4)22(28)24-19-7-5-6-18(23)15(19)3/h5-12,16H,1-4H3,(H,24,28)/t16-/m0/s1. The minimum Gasteiger partial charge on any atom is -0.325 e. The fraction of sp³-hybridized carbons (Fsp3) is 0.227. The number of amides is 1. The Bertz CT molecular complexity index is 1130. The van der Waals surface area contributed by atoms with Crippen LogP contribution in [0.25, 0.3) is 5.69 Å². The van der Waals surface area contributed by atoms with Crippen LogP contribution in [0.4, 0.5) is 5.69 Å². The zero-order valence-corrected chi connectivity index (χ0v) is 18.3. The molecule has 1 heterocycles. The van der Waals surface area contributed by atoms with Crippen LogP contribution in [0.2, 0.25) is 5.02 Å². The van der Waals surface area contributed by atoms with Crippen LogP contribution in [0.1, 0.15) is 23.6 Å². The molecule has 1 N–H and O–H groups in total. The van der Waals surface area contributed by atoms with E-state index in [2.05, 4.69) is 10.4 Å². The minimum absolute atomic E-state index is 0.161. The van der Waals surface area contributed by atoms with Crippen molar-refractivity contribution in [3.63, 3.8) is 0 Å². The number of anilines is 1. The summed E-state index contributed by atoms with van der Waals surface area (Å²) in [6.45, 7) is 7.67. The second-order valence-corrected chi connectivity index (χ2v) is 8.62. The first kappa shape index (κ1) is 21.1. The van der Waals surface area contributed by atoms with Crippen molar-refractivity contribution in [3.8, 4) is 5.69 Å². The van der Waals surface area contributed by atoms with Crippen molar-refractivity contribution < 1.29 is 4.79 Å². The zero-order valence-electron chi connectivity index (χ0n) is 16.7. The third-order valence-corrected chi connectivity index (χ3v) is 6.14. The van der Waals surface area contributed by atoms with E-state index in [0.717, 1.165) is 16.7 Å². The summed E-state index contributed by atoms with van der Waals surface area (Å²) >= 11 is 7.41. The van der Waals surface area contributed by atoms with E-state index in [9.17, 15) is 9.59 Å². The Balaban J connectivity index is 1.79. The Kier molecular flexibility index (Phi) is 6.45. The molecule has 5 nitrogen and oxygen atoms in total. The molecule has 0 saturated heterocycles. The number of benzene rings is 2. The Morgan fingerprint density at radius 2 is 1.86 bits per heavy atom. The lowest BCUT2D eigenvalue weighted by Gasteiger charge is -2.14. The molecular weight excluding hydrogens is 406 g/mol. The van der Waals surface area contributed by atoms with Crippen LogP contribution in [0, 0.1) is 20.8 Å². The van der Waals surface area contributed by atoms with Crippen molar-refractivity contribution in [2.45, 2.75) is 38.0 Å². The summed E-state index contributed by atoms with van der Waals surface area (Å²) in [4.78, 5) is 24.9. The monoisotopic (exact) mass is 427 g/mol. The van der Waals surface area contributed by atoms with Crippen LogP contribution >= 0.6 is 23.4 Å². The van der Waals surface area contributed by atoms with Gasteiger partial charge in [0.05, 0.1) is 10.9 Å². The van der Waals surface area contributed by atoms with Gasteiger partial charge in [-0.3, -0.25) is 9.59 Å². The van der Waals surface area contributed by atoms with E-state index in [1.165, 1.54) is 22.5 Å². The van der Waals surface area contributed by atoms with Gasteiger partial charge in [0, 0.05) is 16.8 Å². The Hall–Kier alpha value is -2.57. The average Bonchev–Trinajstić information content (AvgIpc) is 2.69. The molecule has 29 heavy (non-hydrogen) atoms. The molecular formula is C22H22ClN3O2S. The molecule has 0 saturated carbocycles. The largest absolute Gasteiger partial charge is 0.325 e. The molecule has 0 aliphatic heterocycles. The van der Waals surface area contributed by atoms with Gasteiger partial charge >= 0.3 is 0 Å². The van der Waals surface area contributed by atoms with Gasteiger partial charge in [-0.15, -0.1) is 0 Å². The molecule has 3 aromatic rings. The Morgan fingerprint density at radius 3 is 2.59 bits per heavy atom. The van der Waals surface area contributed by atoms with Gasteiger partial charge < -0.3 is 5.32 Å². The van der Waals surface area contributed by atoms with E-state index < -0.39 is 5.25 Å². The number of carbonyl (C=O) groups excluding carboxylic acids is 1. The van der Waals surface area contributed by atoms with Crippen LogP contribution in [0.5, 0.6) is 0 Å².